The molecule has 0 aliphatic carbocycles. The first-order valence-electron chi connectivity index (χ1n) is 9.18. The molecular formula is C21H23NO6S. The third-order valence-corrected chi connectivity index (χ3v) is 4.93. The number of fused-ring (bicyclic) bond motifs is 1. The topological polar surface area (TPSA) is 94.8 Å². The zero-order chi connectivity index (χ0) is 21.0. The number of hydrogen-bond donors (Lipinski definition) is 1. The molecule has 29 heavy (non-hydrogen) atoms. The Kier molecular flexibility index (Phi) is 6.12. The van der Waals surface area contributed by atoms with Crippen LogP contribution in [0.4, 0.5) is 0 Å². The van der Waals surface area contributed by atoms with Crippen molar-refractivity contribution < 1.29 is 27.2 Å². The summed E-state index contributed by atoms with van der Waals surface area (Å²) < 4.78 is 34.9. The van der Waals surface area contributed by atoms with Crippen molar-refractivity contribution in [2.75, 3.05) is 6.26 Å². The molecule has 154 valence electrons. The molecule has 0 aliphatic heterocycles. The number of rotatable bonds is 9. The maximum Gasteiger partial charge on any atom is 0.344 e. The molecule has 7 nitrogen and oxygen atoms in total. The second-order valence-electron chi connectivity index (χ2n) is 6.86. The van der Waals surface area contributed by atoms with E-state index in [1.54, 1.807) is 24.3 Å². The Bertz CT molecular complexity index is 1100. The van der Waals surface area contributed by atoms with Gasteiger partial charge in [0.15, 0.2) is 6.10 Å². The van der Waals surface area contributed by atoms with Gasteiger partial charge in [0.05, 0.1) is 6.26 Å². The molecule has 0 saturated heterocycles. The van der Waals surface area contributed by atoms with Gasteiger partial charge >= 0.3 is 16.1 Å². The number of aliphatic carboxylic acids is 1. The molecule has 0 saturated carbocycles. The zero-order valence-electron chi connectivity index (χ0n) is 16.2. The summed E-state index contributed by atoms with van der Waals surface area (Å²) in [6.07, 6.45) is 3.89. The highest BCUT2D eigenvalue weighted by Crippen LogP contribution is 2.23. The molecule has 8 heteroatoms. The highest BCUT2D eigenvalue weighted by Gasteiger charge is 2.12. The van der Waals surface area contributed by atoms with Crippen molar-refractivity contribution >= 4 is 27.0 Å². The summed E-state index contributed by atoms with van der Waals surface area (Å²) >= 11 is 0. The number of nitrogens with zero attached hydrogens (tertiary/aromatic N) is 1. The summed E-state index contributed by atoms with van der Waals surface area (Å²) in [5.74, 6) is -0.160. The number of carboxylic acid groups (broad SMARTS) is 1. The lowest BCUT2D eigenvalue weighted by molar-refractivity contribution is -0.144. The monoisotopic (exact) mass is 417 g/mol. The van der Waals surface area contributed by atoms with E-state index in [-0.39, 0.29) is 0 Å². The van der Waals surface area contributed by atoms with Crippen molar-refractivity contribution in [2.45, 2.75) is 32.4 Å². The summed E-state index contributed by atoms with van der Waals surface area (Å²) in [6, 6.07) is 14.6. The molecule has 0 amide bonds. The summed E-state index contributed by atoms with van der Waals surface area (Å²) in [6.45, 7) is 2.30. The van der Waals surface area contributed by atoms with E-state index in [0.29, 0.717) is 11.5 Å². The maximum absolute atomic E-state index is 11.3. The smallest absolute Gasteiger partial charge is 0.344 e. The maximum atomic E-state index is 11.3. The van der Waals surface area contributed by atoms with Gasteiger partial charge in [0, 0.05) is 23.6 Å². The van der Waals surface area contributed by atoms with Crippen molar-refractivity contribution in [3.05, 3.63) is 60.3 Å². The summed E-state index contributed by atoms with van der Waals surface area (Å²) in [7, 11) is -3.54. The molecule has 0 fully saturated rings. The minimum Gasteiger partial charge on any atom is -0.479 e. The molecule has 1 heterocycles. The Morgan fingerprint density at radius 2 is 1.79 bits per heavy atom. The quantitative estimate of drug-likeness (QED) is 0.536. The summed E-state index contributed by atoms with van der Waals surface area (Å²) in [5, 5.41) is 9.80. The van der Waals surface area contributed by atoms with Gasteiger partial charge in [0.25, 0.3) is 0 Å². The lowest BCUT2D eigenvalue weighted by Gasteiger charge is -2.11. The predicted molar refractivity (Wildman–Crippen MR) is 110 cm³/mol. The van der Waals surface area contributed by atoms with Crippen LogP contribution in [0, 0.1) is 0 Å². The second-order valence-corrected chi connectivity index (χ2v) is 8.44. The van der Waals surface area contributed by atoms with Gasteiger partial charge in [-0.05, 0) is 61.7 Å². The minimum atomic E-state index is -3.54. The molecule has 0 spiro atoms. The zero-order valence-corrected chi connectivity index (χ0v) is 17.1. The normalized spacial score (nSPS) is 12.6. The van der Waals surface area contributed by atoms with Gasteiger partial charge in [-0.3, -0.25) is 0 Å². The van der Waals surface area contributed by atoms with Gasteiger partial charge in [-0.2, -0.15) is 8.42 Å². The fourth-order valence-corrected chi connectivity index (χ4v) is 3.50. The minimum absolute atomic E-state index is 0.303. The molecule has 3 aromatic rings. The van der Waals surface area contributed by atoms with E-state index in [1.807, 2.05) is 30.5 Å². The van der Waals surface area contributed by atoms with Gasteiger partial charge < -0.3 is 18.6 Å². The fourth-order valence-electron chi connectivity index (χ4n) is 3.04. The van der Waals surface area contributed by atoms with Crippen molar-refractivity contribution in [1.82, 2.24) is 4.57 Å². The SMILES string of the molecule is CC(Oc1ccc(CCCn2ccc3cc(OS(C)(=O)=O)ccc32)cc1)C(=O)O. The highest BCUT2D eigenvalue weighted by atomic mass is 32.2. The summed E-state index contributed by atoms with van der Waals surface area (Å²) in [4.78, 5) is 10.8. The molecule has 0 radical (unpaired) electrons. The number of carboxylic acids is 1. The Balaban J connectivity index is 1.57. The third kappa shape index (κ3) is 5.74. The summed E-state index contributed by atoms with van der Waals surface area (Å²) in [5.41, 5.74) is 2.15. The van der Waals surface area contributed by atoms with Crippen LogP contribution in [0.25, 0.3) is 10.9 Å². The van der Waals surface area contributed by atoms with Crippen LogP contribution in [-0.4, -0.2) is 36.4 Å². The molecule has 0 bridgehead atoms. The standard InChI is InChI=1S/C21H23NO6S/c1-15(21(23)24)27-18-7-5-16(6-8-18)4-3-12-22-13-11-17-14-19(9-10-20(17)22)28-29(2,25)26/h5-11,13-15H,3-4,12H2,1-2H3,(H,23,24). The number of aromatic nitrogens is 1. The Morgan fingerprint density at radius 1 is 1.10 bits per heavy atom. The van der Waals surface area contributed by atoms with Crippen LogP contribution in [0.1, 0.15) is 18.9 Å². The molecule has 1 aromatic heterocycles. The van der Waals surface area contributed by atoms with Crippen LogP contribution in [0.5, 0.6) is 11.5 Å². The van der Waals surface area contributed by atoms with Crippen molar-refractivity contribution in [1.29, 1.82) is 0 Å². The van der Waals surface area contributed by atoms with E-state index >= 15 is 0 Å². The first-order chi connectivity index (χ1) is 13.7. The molecular weight excluding hydrogens is 394 g/mol. The van der Waals surface area contributed by atoms with Crippen LogP contribution >= 0.6 is 0 Å². The molecule has 1 unspecified atom stereocenters. The first-order valence-corrected chi connectivity index (χ1v) is 11.0. The molecule has 2 aromatic carbocycles. The molecule has 1 N–H and O–H groups in total. The van der Waals surface area contributed by atoms with Gasteiger partial charge in [0.2, 0.25) is 0 Å². The predicted octanol–water partition coefficient (Wildman–Crippen LogP) is 3.46. The molecule has 3 rings (SSSR count). The van der Waals surface area contributed by atoms with E-state index in [2.05, 4.69) is 4.57 Å². The van der Waals surface area contributed by atoms with E-state index in [1.165, 1.54) is 6.92 Å². The van der Waals surface area contributed by atoms with E-state index < -0.39 is 22.2 Å². The van der Waals surface area contributed by atoms with Crippen molar-refractivity contribution in [2.24, 2.45) is 0 Å². The van der Waals surface area contributed by atoms with Gasteiger partial charge in [-0.25, -0.2) is 4.79 Å². The largest absolute Gasteiger partial charge is 0.479 e. The Labute approximate surface area is 169 Å². The van der Waals surface area contributed by atoms with E-state index in [4.69, 9.17) is 14.0 Å². The Hall–Kier alpha value is -3.00. The Morgan fingerprint density at radius 3 is 2.45 bits per heavy atom. The van der Waals surface area contributed by atoms with Crippen LogP contribution in [-0.2, 0) is 27.9 Å². The molecule has 1 atom stereocenters. The lowest BCUT2D eigenvalue weighted by atomic mass is 10.1. The van der Waals surface area contributed by atoms with Gasteiger partial charge in [0.1, 0.15) is 11.5 Å². The number of ether oxygens (including phenoxy) is 1. The average Bonchev–Trinajstić information content (AvgIpc) is 3.04. The van der Waals surface area contributed by atoms with Crippen LogP contribution in [0.15, 0.2) is 54.7 Å². The van der Waals surface area contributed by atoms with Crippen LogP contribution in [0.3, 0.4) is 0 Å². The lowest BCUT2D eigenvalue weighted by Crippen LogP contribution is -2.22. The number of benzene rings is 2. The number of carbonyl (C=O) groups is 1. The van der Waals surface area contributed by atoms with Crippen LogP contribution in [0.2, 0.25) is 0 Å². The van der Waals surface area contributed by atoms with E-state index in [0.717, 1.165) is 42.1 Å². The van der Waals surface area contributed by atoms with Crippen molar-refractivity contribution in [3.8, 4) is 11.5 Å². The first kappa shape index (κ1) is 20.7. The number of aryl methyl sites for hydroxylation is 2. The average molecular weight is 417 g/mol. The third-order valence-electron chi connectivity index (χ3n) is 4.44. The van der Waals surface area contributed by atoms with Crippen LogP contribution < -0.4 is 8.92 Å². The molecule has 0 aliphatic rings. The number of hydrogen-bond acceptors (Lipinski definition) is 5. The van der Waals surface area contributed by atoms with E-state index in [9.17, 15) is 13.2 Å². The second kappa shape index (κ2) is 8.57. The highest BCUT2D eigenvalue weighted by molar-refractivity contribution is 7.86. The van der Waals surface area contributed by atoms with Gasteiger partial charge in [-0.1, -0.05) is 12.1 Å². The van der Waals surface area contributed by atoms with Crippen molar-refractivity contribution in [3.63, 3.8) is 0 Å². The fraction of sp³-hybridized carbons (Fsp3) is 0.286. The van der Waals surface area contributed by atoms with Gasteiger partial charge in [-0.15, -0.1) is 0 Å².